The van der Waals surface area contributed by atoms with E-state index in [-0.39, 0.29) is 0 Å². The van der Waals surface area contributed by atoms with Crippen molar-refractivity contribution in [1.82, 2.24) is 4.90 Å². The summed E-state index contributed by atoms with van der Waals surface area (Å²) in [4.78, 5) is 2.63. The Morgan fingerprint density at radius 2 is 2.00 bits per heavy atom. The maximum atomic E-state index is 5.68. The summed E-state index contributed by atoms with van der Waals surface area (Å²) in [6.07, 6.45) is 6.99. The molecule has 0 amide bonds. The SMILES string of the molecule is CCSCCCN(CCN)C1CCCC1. The quantitative estimate of drug-likeness (QED) is 0.649. The second kappa shape index (κ2) is 8.43. The van der Waals surface area contributed by atoms with Crippen LogP contribution in [0.3, 0.4) is 0 Å². The minimum atomic E-state index is 0.817. The molecule has 0 heterocycles. The van der Waals surface area contributed by atoms with E-state index >= 15 is 0 Å². The van der Waals surface area contributed by atoms with Crippen molar-refractivity contribution in [2.45, 2.75) is 45.1 Å². The van der Waals surface area contributed by atoms with Gasteiger partial charge in [-0.1, -0.05) is 19.8 Å². The first-order chi connectivity index (χ1) is 7.38. The lowest BCUT2D eigenvalue weighted by atomic mass is 10.2. The summed E-state index contributed by atoms with van der Waals surface area (Å²) >= 11 is 2.05. The molecular weight excluding hydrogens is 204 g/mol. The molecule has 0 aromatic rings. The Kier molecular flexibility index (Phi) is 7.49. The Hall–Kier alpha value is 0.270. The summed E-state index contributed by atoms with van der Waals surface area (Å²) < 4.78 is 0. The zero-order valence-corrected chi connectivity index (χ0v) is 10.9. The standard InChI is InChI=1S/C12H26N2S/c1-2-15-11-5-9-14(10-8-13)12-6-3-4-7-12/h12H,2-11,13H2,1H3. The Morgan fingerprint density at radius 3 is 2.60 bits per heavy atom. The molecule has 0 radical (unpaired) electrons. The maximum Gasteiger partial charge on any atom is 0.0108 e. The van der Waals surface area contributed by atoms with Gasteiger partial charge in [0.05, 0.1) is 0 Å². The number of nitrogens with zero attached hydrogens (tertiary/aromatic N) is 1. The second-order valence-corrected chi connectivity index (χ2v) is 5.71. The molecule has 0 saturated heterocycles. The van der Waals surface area contributed by atoms with Gasteiger partial charge in [-0.05, 0) is 37.3 Å². The third kappa shape index (κ3) is 5.23. The fourth-order valence-corrected chi connectivity index (χ4v) is 3.05. The van der Waals surface area contributed by atoms with Crippen LogP contribution in [0.25, 0.3) is 0 Å². The molecule has 90 valence electrons. The van der Waals surface area contributed by atoms with Crippen LogP contribution in [0.1, 0.15) is 39.0 Å². The molecule has 0 aromatic heterocycles. The fourth-order valence-electron chi connectivity index (χ4n) is 2.43. The molecule has 1 aliphatic rings. The molecule has 2 nitrogen and oxygen atoms in total. The van der Waals surface area contributed by atoms with Crippen molar-refractivity contribution in [2.24, 2.45) is 5.73 Å². The van der Waals surface area contributed by atoms with E-state index in [1.54, 1.807) is 0 Å². The van der Waals surface area contributed by atoms with Crippen molar-refractivity contribution >= 4 is 11.8 Å². The van der Waals surface area contributed by atoms with Gasteiger partial charge in [0.15, 0.2) is 0 Å². The second-order valence-electron chi connectivity index (χ2n) is 4.31. The zero-order chi connectivity index (χ0) is 10.9. The first kappa shape index (κ1) is 13.3. The van der Waals surface area contributed by atoms with Gasteiger partial charge in [-0.2, -0.15) is 11.8 Å². The molecule has 0 bridgehead atoms. The van der Waals surface area contributed by atoms with E-state index in [0.29, 0.717) is 0 Å². The van der Waals surface area contributed by atoms with Crippen molar-refractivity contribution in [3.63, 3.8) is 0 Å². The van der Waals surface area contributed by atoms with E-state index < -0.39 is 0 Å². The highest BCUT2D eigenvalue weighted by atomic mass is 32.2. The summed E-state index contributed by atoms with van der Waals surface area (Å²) in [5.74, 6) is 2.56. The van der Waals surface area contributed by atoms with Crippen LogP contribution in [0, 0.1) is 0 Å². The predicted molar refractivity (Wildman–Crippen MR) is 70.5 cm³/mol. The molecule has 0 aromatic carbocycles. The Labute approximate surface area is 99.0 Å². The van der Waals surface area contributed by atoms with Gasteiger partial charge in [0.25, 0.3) is 0 Å². The Morgan fingerprint density at radius 1 is 1.27 bits per heavy atom. The summed E-state index contributed by atoms with van der Waals surface area (Å²) in [6, 6.07) is 0.847. The molecule has 0 spiro atoms. The Balaban J connectivity index is 2.17. The van der Waals surface area contributed by atoms with E-state index in [4.69, 9.17) is 5.73 Å². The monoisotopic (exact) mass is 230 g/mol. The van der Waals surface area contributed by atoms with Crippen LogP contribution in [0.15, 0.2) is 0 Å². The van der Waals surface area contributed by atoms with Gasteiger partial charge >= 0.3 is 0 Å². The highest BCUT2D eigenvalue weighted by molar-refractivity contribution is 7.99. The highest BCUT2D eigenvalue weighted by Gasteiger charge is 2.21. The van der Waals surface area contributed by atoms with Crippen molar-refractivity contribution in [2.75, 3.05) is 31.1 Å². The number of thioether (sulfide) groups is 1. The van der Waals surface area contributed by atoms with Crippen molar-refractivity contribution in [3.8, 4) is 0 Å². The maximum absolute atomic E-state index is 5.68. The molecule has 2 N–H and O–H groups in total. The molecule has 1 saturated carbocycles. The summed E-state index contributed by atoms with van der Waals surface area (Å²) in [5, 5.41) is 0. The van der Waals surface area contributed by atoms with Crippen LogP contribution in [0.5, 0.6) is 0 Å². The lowest BCUT2D eigenvalue weighted by Crippen LogP contribution is -2.38. The van der Waals surface area contributed by atoms with E-state index in [0.717, 1.165) is 19.1 Å². The number of nitrogens with two attached hydrogens (primary N) is 1. The van der Waals surface area contributed by atoms with Gasteiger partial charge in [-0.3, -0.25) is 4.90 Å². The molecule has 0 atom stereocenters. The van der Waals surface area contributed by atoms with Crippen molar-refractivity contribution in [1.29, 1.82) is 0 Å². The van der Waals surface area contributed by atoms with Crippen LogP contribution in [0.2, 0.25) is 0 Å². The average Bonchev–Trinajstić information content (AvgIpc) is 2.76. The van der Waals surface area contributed by atoms with Gasteiger partial charge in [-0.25, -0.2) is 0 Å². The van der Waals surface area contributed by atoms with Gasteiger partial charge in [0.1, 0.15) is 0 Å². The number of rotatable bonds is 8. The number of hydrogen-bond donors (Lipinski definition) is 1. The summed E-state index contributed by atoms with van der Waals surface area (Å²) in [7, 11) is 0. The molecule has 1 fully saturated rings. The zero-order valence-electron chi connectivity index (χ0n) is 10.1. The van der Waals surface area contributed by atoms with Crippen LogP contribution in [-0.2, 0) is 0 Å². The molecule has 3 heteroatoms. The van der Waals surface area contributed by atoms with Crippen LogP contribution in [0.4, 0.5) is 0 Å². The van der Waals surface area contributed by atoms with Gasteiger partial charge in [0, 0.05) is 19.1 Å². The van der Waals surface area contributed by atoms with E-state index in [1.165, 1.54) is 50.2 Å². The van der Waals surface area contributed by atoms with Crippen LogP contribution in [-0.4, -0.2) is 42.1 Å². The fraction of sp³-hybridized carbons (Fsp3) is 1.00. The van der Waals surface area contributed by atoms with Crippen molar-refractivity contribution < 1.29 is 0 Å². The average molecular weight is 230 g/mol. The largest absolute Gasteiger partial charge is 0.329 e. The molecule has 0 unspecified atom stereocenters. The van der Waals surface area contributed by atoms with Crippen LogP contribution < -0.4 is 5.73 Å². The topological polar surface area (TPSA) is 29.3 Å². The molecule has 15 heavy (non-hydrogen) atoms. The van der Waals surface area contributed by atoms with Crippen molar-refractivity contribution in [3.05, 3.63) is 0 Å². The third-order valence-corrected chi connectivity index (χ3v) is 4.18. The van der Waals surface area contributed by atoms with E-state index in [9.17, 15) is 0 Å². The minimum Gasteiger partial charge on any atom is -0.329 e. The molecule has 1 rings (SSSR count). The number of hydrogen-bond acceptors (Lipinski definition) is 3. The summed E-state index contributed by atoms with van der Waals surface area (Å²) in [5.41, 5.74) is 5.68. The minimum absolute atomic E-state index is 0.817. The smallest absolute Gasteiger partial charge is 0.0108 e. The lowest BCUT2D eigenvalue weighted by molar-refractivity contribution is 0.205. The lowest BCUT2D eigenvalue weighted by Gasteiger charge is -2.28. The van der Waals surface area contributed by atoms with Gasteiger partial charge < -0.3 is 5.73 Å². The van der Waals surface area contributed by atoms with E-state index in [1.807, 2.05) is 0 Å². The third-order valence-electron chi connectivity index (χ3n) is 3.20. The molecule has 0 aliphatic heterocycles. The highest BCUT2D eigenvalue weighted by Crippen LogP contribution is 2.23. The molecule has 1 aliphatic carbocycles. The van der Waals surface area contributed by atoms with Crippen LogP contribution >= 0.6 is 11.8 Å². The first-order valence-corrected chi connectivity index (χ1v) is 7.55. The van der Waals surface area contributed by atoms with Gasteiger partial charge in [-0.15, -0.1) is 0 Å². The summed E-state index contributed by atoms with van der Waals surface area (Å²) in [6.45, 7) is 5.41. The normalized spacial score (nSPS) is 17.8. The van der Waals surface area contributed by atoms with E-state index in [2.05, 4.69) is 23.6 Å². The van der Waals surface area contributed by atoms with Gasteiger partial charge in [0.2, 0.25) is 0 Å². The predicted octanol–water partition coefficient (Wildman–Crippen LogP) is 2.33. The Bertz CT molecular complexity index is 147. The molecular formula is C12H26N2S. The first-order valence-electron chi connectivity index (χ1n) is 6.40.